The number of benzene rings is 1. The van der Waals surface area contributed by atoms with Crippen molar-refractivity contribution in [3.8, 4) is 5.75 Å². The molecule has 0 heterocycles. The van der Waals surface area contributed by atoms with Crippen LogP contribution in [0.25, 0.3) is 0 Å². The zero-order chi connectivity index (χ0) is 25.5. The molecule has 3 nitrogen and oxygen atoms in total. The van der Waals surface area contributed by atoms with Crippen LogP contribution in [0.2, 0.25) is 36.3 Å². The molecule has 0 amide bonds. The van der Waals surface area contributed by atoms with Crippen LogP contribution in [-0.4, -0.2) is 30.4 Å². The molecular formula is C27H51BrO3Si2. The molecule has 1 rings (SSSR count). The van der Waals surface area contributed by atoms with Crippen LogP contribution in [0.3, 0.4) is 0 Å². The molecule has 1 aromatic carbocycles. The first-order valence-corrected chi connectivity index (χ1v) is 19.3. The van der Waals surface area contributed by atoms with Gasteiger partial charge in [-0.15, -0.1) is 0 Å². The van der Waals surface area contributed by atoms with Gasteiger partial charge < -0.3 is 13.6 Å². The van der Waals surface area contributed by atoms with Crippen LogP contribution in [0.4, 0.5) is 0 Å². The highest BCUT2D eigenvalue weighted by Gasteiger charge is 2.39. The normalized spacial score (nSPS) is 14.4. The van der Waals surface area contributed by atoms with E-state index < -0.39 is 16.6 Å². The number of rotatable bonds is 13. The summed E-state index contributed by atoms with van der Waals surface area (Å²) < 4.78 is 19.6. The molecule has 192 valence electrons. The monoisotopic (exact) mass is 558 g/mol. The maximum atomic E-state index is 6.89. The van der Waals surface area contributed by atoms with Crippen molar-refractivity contribution in [1.29, 1.82) is 0 Å². The highest BCUT2D eigenvalue weighted by atomic mass is 79.9. The van der Waals surface area contributed by atoms with Gasteiger partial charge in [-0.25, -0.2) is 0 Å². The summed E-state index contributed by atoms with van der Waals surface area (Å²) in [5.74, 6) is 0.866. The molecular weight excluding hydrogens is 508 g/mol. The number of ether oxygens (including phenoxy) is 1. The molecule has 0 aliphatic carbocycles. The number of hydrogen-bond acceptors (Lipinski definition) is 3. The number of hydrogen-bond donors (Lipinski definition) is 0. The van der Waals surface area contributed by atoms with Crippen molar-refractivity contribution in [1.82, 2.24) is 0 Å². The third kappa shape index (κ3) is 9.79. The van der Waals surface area contributed by atoms with Gasteiger partial charge in [0.1, 0.15) is 5.75 Å². The third-order valence-electron chi connectivity index (χ3n) is 7.67. The number of methoxy groups -OCH3 is 1. The summed E-state index contributed by atoms with van der Waals surface area (Å²) in [7, 11) is -1.77. The van der Waals surface area contributed by atoms with Crippen molar-refractivity contribution in [2.24, 2.45) is 0 Å². The fraction of sp³-hybridized carbons (Fsp3) is 0.778. The lowest BCUT2D eigenvalue weighted by atomic mass is 10.0. The van der Waals surface area contributed by atoms with Crippen LogP contribution < -0.4 is 4.74 Å². The van der Waals surface area contributed by atoms with Gasteiger partial charge in [-0.1, -0.05) is 73.3 Å². The lowest BCUT2D eigenvalue weighted by Gasteiger charge is -2.39. The zero-order valence-corrected chi connectivity index (χ0v) is 26.9. The summed E-state index contributed by atoms with van der Waals surface area (Å²) in [6, 6.07) is 6.39. The minimum atomic E-state index is -1.87. The number of halogens is 1. The highest BCUT2D eigenvalue weighted by Crippen LogP contribution is 2.42. The average molecular weight is 560 g/mol. The minimum absolute atomic E-state index is 0.134. The largest absolute Gasteiger partial charge is 0.496 e. The van der Waals surface area contributed by atoms with Crippen LogP contribution in [-0.2, 0) is 8.85 Å². The van der Waals surface area contributed by atoms with Crippen LogP contribution in [0, 0.1) is 0 Å². The Labute approximate surface area is 215 Å². The second-order valence-electron chi connectivity index (χ2n) is 12.4. The predicted molar refractivity (Wildman–Crippen MR) is 153 cm³/mol. The lowest BCUT2D eigenvalue weighted by molar-refractivity contribution is 0.169. The summed E-state index contributed by atoms with van der Waals surface area (Å²) in [5.41, 5.74) is 1.25. The first-order chi connectivity index (χ1) is 15.0. The van der Waals surface area contributed by atoms with E-state index in [2.05, 4.69) is 95.8 Å². The second-order valence-corrected chi connectivity index (χ2v) is 22.8. The Hall–Kier alpha value is -0.146. The molecule has 0 saturated heterocycles. The molecule has 0 spiro atoms. The van der Waals surface area contributed by atoms with Gasteiger partial charge >= 0.3 is 0 Å². The standard InChI is InChI=1S/C27H51BrO3Si2/c1-26(2,3)32(8,9)30-20-16-14-12-13-15-17-24(31-33(10,11)27(4,5)6)22-18-19-25(29-7)23(28)21-22/h18-19,21,24H,12-17,20H2,1-11H3. The fourth-order valence-corrected chi connectivity index (χ4v) is 6.18. The number of unbranched alkanes of at least 4 members (excludes halogenated alkanes) is 4. The Bertz CT molecular complexity index is 721. The van der Waals surface area contributed by atoms with Crippen LogP contribution in [0.5, 0.6) is 5.75 Å². The van der Waals surface area contributed by atoms with Crippen molar-refractivity contribution >= 4 is 32.6 Å². The molecule has 0 N–H and O–H groups in total. The van der Waals surface area contributed by atoms with Crippen molar-refractivity contribution in [2.45, 2.75) is 122 Å². The molecule has 0 aliphatic rings. The van der Waals surface area contributed by atoms with E-state index in [0.29, 0.717) is 5.04 Å². The molecule has 1 aromatic rings. The van der Waals surface area contributed by atoms with Crippen LogP contribution in [0.15, 0.2) is 22.7 Å². The Morgan fingerprint density at radius 2 is 1.36 bits per heavy atom. The van der Waals surface area contributed by atoms with Gasteiger partial charge in [0, 0.05) is 6.61 Å². The van der Waals surface area contributed by atoms with E-state index in [4.69, 9.17) is 13.6 Å². The summed E-state index contributed by atoms with van der Waals surface area (Å²) in [6.45, 7) is 24.1. The molecule has 1 atom stereocenters. The molecule has 0 aliphatic heterocycles. The summed E-state index contributed by atoms with van der Waals surface area (Å²) in [5, 5.41) is 0.488. The second kappa shape index (κ2) is 12.7. The van der Waals surface area contributed by atoms with Gasteiger partial charge in [0.2, 0.25) is 0 Å². The quantitative estimate of drug-likeness (QED) is 0.178. The highest BCUT2D eigenvalue weighted by molar-refractivity contribution is 9.10. The SMILES string of the molecule is COc1ccc(C(CCCCCCCO[Si](C)(C)C(C)(C)C)O[Si](C)(C)C(C)(C)C)cc1Br. The van der Waals surface area contributed by atoms with Gasteiger partial charge in [0.15, 0.2) is 16.6 Å². The first-order valence-electron chi connectivity index (χ1n) is 12.7. The van der Waals surface area contributed by atoms with E-state index in [-0.39, 0.29) is 11.1 Å². The Morgan fingerprint density at radius 3 is 1.88 bits per heavy atom. The van der Waals surface area contributed by atoms with E-state index in [1.54, 1.807) is 7.11 Å². The first kappa shape index (κ1) is 30.9. The predicted octanol–water partition coefficient (Wildman–Crippen LogP) is 9.88. The van der Waals surface area contributed by atoms with Gasteiger partial charge in [-0.05, 0) is 82.7 Å². The van der Waals surface area contributed by atoms with Gasteiger partial charge in [0.05, 0.1) is 17.7 Å². The van der Waals surface area contributed by atoms with Gasteiger partial charge in [0.25, 0.3) is 0 Å². The van der Waals surface area contributed by atoms with Crippen molar-refractivity contribution in [3.63, 3.8) is 0 Å². The van der Waals surface area contributed by atoms with Crippen molar-refractivity contribution in [3.05, 3.63) is 28.2 Å². The van der Waals surface area contributed by atoms with E-state index >= 15 is 0 Å². The summed E-state index contributed by atoms with van der Waals surface area (Å²) >= 11 is 3.66. The van der Waals surface area contributed by atoms with Crippen LogP contribution >= 0.6 is 15.9 Å². The molecule has 1 unspecified atom stereocenters. The molecule has 0 saturated carbocycles. The van der Waals surface area contributed by atoms with E-state index in [1.807, 2.05) is 6.07 Å². The van der Waals surface area contributed by atoms with E-state index in [1.165, 1.54) is 37.7 Å². The smallest absolute Gasteiger partial charge is 0.192 e. The van der Waals surface area contributed by atoms with Crippen LogP contribution in [0.1, 0.15) is 91.7 Å². The maximum absolute atomic E-state index is 6.89. The third-order valence-corrected chi connectivity index (χ3v) is 17.3. The summed E-state index contributed by atoms with van der Waals surface area (Å²) in [4.78, 5) is 0. The molecule has 0 radical (unpaired) electrons. The summed E-state index contributed by atoms with van der Waals surface area (Å²) in [6.07, 6.45) is 7.31. The van der Waals surface area contributed by atoms with E-state index in [0.717, 1.165) is 23.2 Å². The molecule has 0 aromatic heterocycles. The fourth-order valence-electron chi connectivity index (χ4n) is 3.21. The van der Waals surface area contributed by atoms with Crippen molar-refractivity contribution < 1.29 is 13.6 Å². The minimum Gasteiger partial charge on any atom is -0.496 e. The molecule has 0 fully saturated rings. The van der Waals surface area contributed by atoms with Gasteiger partial charge in [-0.2, -0.15) is 0 Å². The topological polar surface area (TPSA) is 27.7 Å². The molecule has 33 heavy (non-hydrogen) atoms. The molecule has 0 bridgehead atoms. The Balaban J connectivity index is 2.61. The Morgan fingerprint density at radius 1 is 0.818 bits per heavy atom. The zero-order valence-electron chi connectivity index (χ0n) is 23.4. The van der Waals surface area contributed by atoms with Crippen molar-refractivity contribution in [2.75, 3.05) is 13.7 Å². The maximum Gasteiger partial charge on any atom is 0.192 e. The van der Waals surface area contributed by atoms with E-state index in [9.17, 15) is 0 Å². The Kier molecular flexibility index (Phi) is 11.9. The molecule has 6 heteroatoms. The average Bonchev–Trinajstić information content (AvgIpc) is 2.67. The van der Waals surface area contributed by atoms with Gasteiger partial charge in [-0.3, -0.25) is 0 Å². The lowest BCUT2D eigenvalue weighted by Crippen LogP contribution is -2.41.